The van der Waals surface area contributed by atoms with Gasteiger partial charge in [-0.3, -0.25) is 4.79 Å². The van der Waals surface area contributed by atoms with Crippen LogP contribution in [0, 0.1) is 0 Å². The van der Waals surface area contributed by atoms with Crippen LogP contribution in [-0.2, 0) is 4.79 Å². The fourth-order valence-corrected chi connectivity index (χ4v) is 1.11. The number of carbonyl (C=O) groups excluding carboxylic acids is 1. The van der Waals surface area contributed by atoms with Gasteiger partial charge in [-0.15, -0.1) is 0 Å². The topological polar surface area (TPSA) is 20.3 Å². The van der Waals surface area contributed by atoms with Gasteiger partial charge in [0.2, 0.25) is 5.91 Å². The van der Waals surface area contributed by atoms with Crippen LogP contribution in [0.25, 0.3) is 0 Å². The molecule has 2 heteroatoms. The lowest BCUT2D eigenvalue weighted by molar-refractivity contribution is -0.125. The second kappa shape index (κ2) is 10.9. The molecule has 1 amide bonds. The third-order valence-corrected chi connectivity index (χ3v) is 2.05. The summed E-state index contributed by atoms with van der Waals surface area (Å²) < 4.78 is 0. The Bertz CT molecular complexity index is 322. The van der Waals surface area contributed by atoms with Crippen molar-refractivity contribution < 1.29 is 4.79 Å². The smallest absolute Gasteiger partial charge is 0.223 e. The molecule has 0 aromatic heterocycles. The predicted molar refractivity (Wildman–Crippen MR) is 76.6 cm³/mol. The lowest BCUT2D eigenvalue weighted by Gasteiger charge is -2.19. The van der Waals surface area contributed by atoms with Crippen molar-refractivity contribution in [1.29, 1.82) is 0 Å². The first kappa shape index (κ1) is 17.8. The number of hydrogen-bond donors (Lipinski definition) is 0. The van der Waals surface area contributed by atoms with E-state index in [9.17, 15) is 4.79 Å². The van der Waals surface area contributed by atoms with Gasteiger partial charge in [0.15, 0.2) is 0 Å². The van der Waals surface area contributed by atoms with E-state index < -0.39 is 0 Å². The molecule has 0 N–H and O–H groups in total. The van der Waals surface area contributed by atoms with Crippen LogP contribution >= 0.6 is 0 Å². The van der Waals surface area contributed by atoms with E-state index in [1.54, 1.807) is 24.9 Å². The summed E-state index contributed by atoms with van der Waals surface area (Å²) in [5.74, 6) is 0.0105. The van der Waals surface area contributed by atoms with Crippen molar-refractivity contribution in [3.8, 4) is 0 Å². The maximum absolute atomic E-state index is 11.2. The number of allylic oxidation sites excluding steroid dienone is 6. The normalized spacial score (nSPS) is 11.9. The molecule has 0 saturated heterocycles. The summed E-state index contributed by atoms with van der Waals surface area (Å²) in [6, 6.07) is 0. The summed E-state index contributed by atoms with van der Waals surface area (Å²) in [5.41, 5.74) is 1.90. The monoisotopic (exact) mass is 235 g/mol. The van der Waals surface area contributed by atoms with Gasteiger partial charge in [0.05, 0.1) is 0 Å². The first-order valence-corrected chi connectivity index (χ1v) is 5.91. The highest BCUT2D eigenvalue weighted by Gasteiger charge is 2.08. The zero-order valence-electron chi connectivity index (χ0n) is 11.9. The Balaban J connectivity index is 0. The molecule has 0 spiro atoms. The van der Waals surface area contributed by atoms with Crippen LogP contribution < -0.4 is 0 Å². The van der Waals surface area contributed by atoms with Crippen LogP contribution in [-0.4, -0.2) is 17.9 Å². The van der Waals surface area contributed by atoms with E-state index in [2.05, 4.69) is 6.58 Å². The summed E-state index contributed by atoms with van der Waals surface area (Å²) in [5, 5.41) is 0. The van der Waals surface area contributed by atoms with Gasteiger partial charge in [-0.25, -0.2) is 0 Å². The van der Waals surface area contributed by atoms with E-state index >= 15 is 0 Å². The minimum atomic E-state index is 0.0105. The third-order valence-electron chi connectivity index (χ3n) is 2.05. The van der Waals surface area contributed by atoms with Crippen LogP contribution in [0.1, 0.15) is 34.6 Å². The highest BCUT2D eigenvalue weighted by molar-refractivity contribution is 5.76. The van der Waals surface area contributed by atoms with Gasteiger partial charge in [-0.1, -0.05) is 44.7 Å². The van der Waals surface area contributed by atoms with Crippen molar-refractivity contribution in [2.45, 2.75) is 34.6 Å². The van der Waals surface area contributed by atoms with Gasteiger partial charge in [-0.05, 0) is 25.5 Å². The first-order chi connectivity index (χ1) is 8.04. The molecule has 0 fully saturated rings. The molecule has 0 aromatic rings. The number of amides is 1. The molecule has 0 saturated carbocycles. The van der Waals surface area contributed by atoms with Gasteiger partial charge >= 0.3 is 0 Å². The van der Waals surface area contributed by atoms with E-state index in [4.69, 9.17) is 0 Å². The quantitative estimate of drug-likeness (QED) is 0.672. The fourth-order valence-electron chi connectivity index (χ4n) is 1.11. The second-order valence-electron chi connectivity index (χ2n) is 3.24. The molecule has 0 bridgehead atoms. The summed E-state index contributed by atoms with van der Waals surface area (Å²) in [6.45, 7) is 13.1. The van der Waals surface area contributed by atoms with Gasteiger partial charge < -0.3 is 4.90 Å². The third kappa shape index (κ3) is 7.34. The largest absolute Gasteiger partial charge is 0.315 e. The van der Waals surface area contributed by atoms with Crippen molar-refractivity contribution in [3.05, 3.63) is 48.2 Å². The highest BCUT2D eigenvalue weighted by Crippen LogP contribution is 2.13. The van der Waals surface area contributed by atoms with Crippen LogP contribution in [0.4, 0.5) is 0 Å². The molecule has 0 atom stereocenters. The van der Waals surface area contributed by atoms with Crippen molar-refractivity contribution in [1.82, 2.24) is 4.90 Å². The zero-order chi connectivity index (χ0) is 13.8. The van der Waals surface area contributed by atoms with Crippen LogP contribution in [0.2, 0.25) is 0 Å². The summed E-state index contributed by atoms with van der Waals surface area (Å²) >= 11 is 0. The van der Waals surface area contributed by atoms with E-state index in [0.717, 1.165) is 11.3 Å². The van der Waals surface area contributed by atoms with Crippen LogP contribution in [0.3, 0.4) is 0 Å². The lowest BCUT2D eigenvalue weighted by Crippen LogP contribution is -2.23. The van der Waals surface area contributed by atoms with E-state index in [1.165, 1.54) is 0 Å². The molecular formula is C15H25NO. The number of hydrogen-bond acceptors (Lipinski definition) is 1. The average Bonchev–Trinajstić information content (AvgIpc) is 2.34. The molecule has 0 aliphatic heterocycles. The molecular weight excluding hydrogens is 210 g/mol. The van der Waals surface area contributed by atoms with Crippen LogP contribution in [0.5, 0.6) is 0 Å². The van der Waals surface area contributed by atoms with Crippen molar-refractivity contribution in [2.24, 2.45) is 0 Å². The predicted octanol–water partition coefficient (Wildman–Crippen LogP) is 4.08. The fraction of sp³-hybridized carbons (Fsp3) is 0.400. The summed E-state index contributed by atoms with van der Waals surface area (Å²) in [6.07, 6.45) is 9.37. The summed E-state index contributed by atoms with van der Waals surface area (Å²) in [7, 11) is 1.75. The molecule has 2 nitrogen and oxygen atoms in total. The molecule has 0 radical (unpaired) electrons. The molecule has 0 unspecified atom stereocenters. The number of likely N-dealkylation sites (N-methyl/N-ethyl adjacent to an activating group) is 1. The van der Waals surface area contributed by atoms with Gasteiger partial charge in [0, 0.05) is 19.7 Å². The van der Waals surface area contributed by atoms with E-state index in [-0.39, 0.29) is 5.91 Å². The SMILES string of the molecule is C=C\C=C(/C(C)=C\C=C/C)N(C)C(C)=O.CC. The molecule has 96 valence electrons. The van der Waals surface area contributed by atoms with Crippen LogP contribution in [0.15, 0.2) is 48.2 Å². The molecule has 0 heterocycles. The Kier molecular flexibility index (Phi) is 11.5. The summed E-state index contributed by atoms with van der Waals surface area (Å²) in [4.78, 5) is 12.9. The second-order valence-corrected chi connectivity index (χ2v) is 3.24. The molecule has 17 heavy (non-hydrogen) atoms. The Labute approximate surface area is 106 Å². The van der Waals surface area contributed by atoms with Gasteiger partial charge in [0.25, 0.3) is 0 Å². The molecule has 0 aliphatic carbocycles. The number of rotatable bonds is 4. The molecule has 0 aliphatic rings. The Morgan fingerprint density at radius 3 is 2.06 bits per heavy atom. The van der Waals surface area contributed by atoms with Gasteiger partial charge in [0.1, 0.15) is 0 Å². The Morgan fingerprint density at radius 1 is 1.18 bits per heavy atom. The van der Waals surface area contributed by atoms with Crippen molar-refractivity contribution >= 4 is 5.91 Å². The lowest BCUT2D eigenvalue weighted by atomic mass is 10.1. The maximum atomic E-state index is 11.2. The number of nitrogens with zero attached hydrogens (tertiary/aromatic N) is 1. The zero-order valence-corrected chi connectivity index (χ0v) is 11.9. The minimum Gasteiger partial charge on any atom is -0.315 e. The standard InChI is InChI=1S/C13H19NO.C2H6/c1-6-8-10-11(3)13(9-7-2)14(5)12(4)15;1-2/h6-10H,2H2,1,3-5H3;1-2H3/b8-6-,11-10-,13-9+;. The highest BCUT2D eigenvalue weighted by atomic mass is 16.2. The molecule has 0 rings (SSSR count). The molecule has 0 aromatic carbocycles. The number of carbonyl (C=O) groups is 1. The Morgan fingerprint density at radius 2 is 1.71 bits per heavy atom. The first-order valence-electron chi connectivity index (χ1n) is 5.91. The van der Waals surface area contributed by atoms with Crippen molar-refractivity contribution in [2.75, 3.05) is 7.05 Å². The van der Waals surface area contributed by atoms with Gasteiger partial charge in [-0.2, -0.15) is 0 Å². The van der Waals surface area contributed by atoms with Crippen molar-refractivity contribution in [3.63, 3.8) is 0 Å². The van der Waals surface area contributed by atoms with E-state index in [1.807, 2.05) is 52.0 Å². The maximum Gasteiger partial charge on any atom is 0.223 e. The van der Waals surface area contributed by atoms with E-state index in [0.29, 0.717) is 0 Å². The Hall–Kier alpha value is -1.57. The minimum absolute atomic E-state index is 0.0105. The average molecular weight is 235 g/mol.